The van der Waals surface area contributed by atoms with Gasteiger partial charge in [-0.05, 0) is 32.4 Å². The normalized spacial score (nSPS) is 12.2. The summed E-state index contributed by atoms with van der Waals surface area (Å²) in [4.78, 5) is 12.1. The molecule has 0 aliphatic heterocycles. The minimum absolute atomic E-state index is 0.00413. The van der Waals surface area contributed by atoms with E-state index in [0.29, 0.717) is 5.02 Å². The second-order valence-corrected chi connectivity index (χ2v) is 5.75. The van der Waals surface area contributed by atoms with E-state index >= 15 is 0 Å². The van der Waals surface area contributed by atoms with E-state index in [0.717, 1.165) is 22.6 Å². The number of aromatic nitrogens is 2. The number of carbonyl (C=O) groups is 1. The molecule has 0 saturated carbocycles. The molecule has 2 aromatic rings. The zero-order valence-electron chi connectivity index (χ0n) is 13.3. The summed E-state index contributed by atoms with van der Waals surface area (Å²) >= 11 is 6.16. The van der Waals surface area contributed by atoms with E-state index < -0.39 is 0 Å². The number of hydrogen-bond donors (Lipinski definition) is 2. The zero-order valence-corrected chi connectivity index (χ0v) is 14.0. The first-order valence-corrected chi connectivity index (χ1v) is 7.55. The van der Waals surface area contributed by atoms with E-state index in [1.807, 2.05) is 52.1 Å². The highest BCUT2D eigenvalue weighted by Crippen LogP contribution is 2.22. The van der Waals surface area contributed by atoms with Crippen LogP contribution in [0.4, 0.5) is 5.69 Å². The maximum Gasteiger partial charge on any atom is 0.238 e. The smallest absolute Gasteiger partial charge is 0.238 e. The highest BCUT2D eigenvalue weighted by atomic mass is 35.5. The standard InChI is InChI=1S/C16H21ClN4O/c1-10(13-7-5-6-8-14(13)17)18-9-15(22)19-16-11(2)20-21(4)12(16)3/h5-8,10,18H,9H2,1-4H3,(H,19,22)/t10-/m0/s1. The van der Waals surface area contributed by atoms with Crippen LogP contribution in [-0.2, 0) is 11.8 Å². The molecule has 0 aliphatic rings. The number of halogens is 1. The molecular formula is C16H21ClN4O. The molecule has 0 saturated heterocycles. The second kappa shape index (κ2) is 6.94. The van der Waals surface area contributed by atoms with Crippen molar-refractivity contribution in [3.8, 4) is 0 Å². The number of carbonyl (C=O) groups excluding carboxylic acids is 1. The minimum atomic E-state index is -0.0990. The van der Waals surface area contributed by atoms with Crippen LogP contribution in [0.25, 0.3) is 0 Å². The van der Waals surface area contributed by atoms with Gasteiger partial charge in [0.05, 0.1) is 23.6 Å². The molecule has 0 fully saturated rings. The fourth-order valence-corrected chi connectivity index (χ4v) is 2.62. The number of amides is 1. The molecule has 0 aliphatic carbocycles. The van der Waals surface area contributed by atoms with Gasteiger partial charge in [-0.25, -0.2) is 0 Å². The fraction of sp³-hybridized carbons (Fsp3) is 0.375. The molecule has 1 aromatic carbocycles. The van der Waals surface area contributed by atoms with Gasteiger partial charge in [-0.3, -0.25) is 9.48 Å². The predicted octanol–water partition coefficient (Wildman–Crippen LogP) is 2.98. The summed E-state index contributed by atoms with van der Waals surface area (Å²) in [6.45, 7) is 5.99. The highest BCUT2D eigenvalue weighted by molar-refractivity contribution is 6.31. The average molecular weight is 321 g/mol. The van der Waals surface area contributed by atoms with Gasteiger partial charge < -0.3 is 10.6 Å². The summed E-state index contributed by atoms with van der Waals surface area (Å²) in [6.07, 6.45) is 0. The molecule has 2 rings (SSSR count). The molecule has 6 heteroatoms. The van der Waals surface area contributed by atoms with Crippen LogP contribution < -0.4 is 10.6 Å². The summed E-state index contributed by atoms with van der Waals surface area (Å²) in [5.74, 6) is -0.0990. The van der Waals surface area contributed by atoms with Crippen LogP contribution in [0, 0.1) is 13.8 Å². The zero-order chi connectivity index (χ0) is 16.3. The lowest BCUT2D eigenvalue weighted by Gasteiger charge is -2.15. The largest absolute Gasteiger partial charge is 0.322 e. The summed E-state index contributed by atoms with van der Waals surface area (Å²) in [6, 6.07) is 7.61. The van der Waals surface area contributed by atoms with Crippen molar-refractivity contribution < 1.29 is 4.79 Å². The van der Waals surface area contributed by atoms with E-state index in [4.69, 9.17) is 11.6 Å². The Labute approximate surface area is 135 Å². The van der Waals surface area contributed by atoms with Crippen molar-refractivity contribution in [1.29, 1.82) is 0 Å². The van der Waals surface area contributed by atoms with Gasteiger partial charge in [0.1, 0.15) is 0 Å². The number of anilines is 1. The predicted molar refractivity (Wildman–Crippen MR) is 89.2 cm³/mol. The van der Waals surface area contributed by atoms with E-state index in [9.17, 15) is 4.79 Å². The monoisotopic (exact) mass is 320 g/mol. The van der Waals surface area contributed by atoms with Crippen molar-refractivity contribution in [2.24, 2.45) is 7.05 Å². The lowest BCUT2D eigenvalue weighted by Crippen LogP contribution is -2.30. The number of hydrogen-bond acceptors (Lipinski definition) is 3. The van der Waals surface area contributed by atoms with Gasteiger partial charge >= 0.3 is 0 Å². The third kappa shape index (κ3) is 3.67. The van der Waals surface area contributed by atoms with Gasteiger partial charge in [0, 0.05) is 18.1 Å². The third-order valence-corrected chi connectivity index (χ3v) is 4.06. The van der Waals surface area contributed by atoms with Gasteiger partial charge in [-0.15, -0.1) is 0 Å². The molecule has 0 unspecified atom stereocenters. The molecule has 1 amide bonds. The minimum Gasteiger partial charge on any atom is -0.322 e. The molecule has 22 heavy (non-hydrogen) atoms. The molecule has 0 radical (unpaired) electrons. The molecule has 118 valence electrons. The Morgan fingerprint density at radius 3 is 2.64 bits per heavy atom. The van der Waals surface area contributed by atoms with Crippen LogP contribution >= 0.6 is 11.6 Å². The van der Waals surface area contributed by atoms with E-state index in [2.05, 4.69) is 15.7 Å². The lowest BCUT2D eigenvalue weighted by molar-refractivity contribution is -0.115. The van der Waals surface area contributed by atoms with Crippen LogP contribution in [0.2, 0.25) is 5.02 Å². The molecule has 1 aromatic heterocycles. The van der Waals surface area contributed by atoms with Gasteiger partial charge in [0.2, 0.25) is 5.91 Å². The summed E-state index contributed by atoms with van der Waals surface area (Å²) in [7, 11) is 1.86. The second-order valence-electron chi connectivity index (χ2n) is 5.34. The number of nitrogens with one attached hydrogen (secondary N) is 2. The average Bonchev–Trinajstić information content (AvgIpc) is 2.72. The first-order chi connectivity index (χ1) is 10.4. The van der Waals surface area contributed by atoms with Crippen molar-refractivity contribution in [3.05, 3.63) is 46.2 Å². The summed E-state index contributed by atoms with van der Waals surface area (Å²) in [5.41, 5.74) is 3.50. The van der Waals surface area contributed by atoms with Crippen LogP contribution in [0.1, 0.15) is 29.9 Å². The quantitative estimate of drug-likeness (QED) is 0.890. The number of rotatable bonds is 5. The number of benzene rings is 1. The highest BCUT2D eigenvalue weighted by Gasteiger charge is 2.14. The summed E-state index contributed by atoms with van der Waals surface area (Å²) in [5, 5.41) is 11.1. The Kier molecular flexibility index (Phi) is 5.21. The van der Waals surface area contributed by atoms with Crippen LogP contribution in [-0.4, -0.2) is 22.2 Å². The maximum atomic E-state index is 12.1. The van der Waals surface area contributed by atoms with Crippen LogP contribution in [0.5, 0.6) is 0 Å². The summed E-state index contributed by atoms with van der Waals surface area (Å²) < 4.78 is 1.75. The molecule has 5 nitrogen and oxygen atoms in total. The van der Waals surface area contributed by atoms with E-state index in [1.54, 1.807) is 4.68 Å². The first-order valence-electron chi connectivity index (χ1n) is 7.18. The maximum absolute atomic E-state index is 12.1. The van der Waals surface area contributed by atoms with Crippen molar-refractivity contribution in [1.82, 2.24) is 15.1 Å². The van der Waals surface area contributed by atoms with E-state index in [-0.39, 0.29) is 18.5 Å². The lowest BCUT2D eigenvalue weighted by atomic mass is 10.1. The number of aryl methyl sites for hydroxylation is 2. The molecule has 1 heterocycles. The van der Waals surface area contributed by atoms with Gasteiger partial charge in [0.25, 0.3) is 0 Å². The Morgan fingerprint density at radius 2 is 2.05 bits per heavy atom. The van der Waals surface area contributed by atoms with Gasteiger partial charge in [-0.2, -0.15) is 5.10 Å². The van der Waals surface area contributed by atoms with Crippen LogP contribution in [0.15, 0.2) is 24.3 Å². The van der Waals surface area contributed by atoms with Crippen molar-refractivity contribution in [2.75, 3.05) is 11.9 Å². The Balaban J connectivity index is 1.94. The molecule has 1 atom stereocenters. The molecule has 0 spiro atoms. The molecule has 2 N–H and O–H groups in total. The molecular weight excluding hydrogens is 300 g/mol. The Bertz CT molecular complexity index is 681. The third-order valence-electron chi connectivity index (χ3n) is 3.71. The van der Waals surface area contributed by atoms with Crippen molar-refractivity contribution in [3.63, 3.8) is 0 Å². The molecule has 0 bridgehead atoms. The van der Waals surface area contributed by atoms with Gasteiger partial charge in [0.15, 0.2) is 0 Å². The first kappa shape index (κ1) is 16.5. The fourth-order valence-electron chi connectivity index (χ4n) is 2.32. The Morgan fingerprint density at radius 1 is 1.36 bits per heavy atom. The van der Waals surface area contributed by atoms with Gasteiger partial charge in [-0.1, -0.05) is 29.8 Å². The van der Waals surface area contributed by atoms with Crippen LogP contribution in [0.3, 0.4) is 0 Å². The topological polar surface area (TPSA) is 59.0 Å². The Hall–Kier alpha value is -1.85. The van der Waals surface area contributed by atoms with Crippen molar-refractivity contribution >= 4 is 23.2 Å². The van der Waals surface area contributed by atoms with Crippen molar-refractivity contribution in [2.45, 2.75) is 26.8 Å². The SMILES string of the molecule is Cc1nn(C)c(C)c1NC(=O)CN[C@@H](C)c1ccccc1Cl. The van der Waals surface area contributed by atoms with E-state index in [1.165, 1.54) is 0 Å². The number of nitrogens with zero attached hydrogens (tertiary/aromatic N) is 2.